The number of sulfonamides is 1. The zero-order valence-electron chi connectivity index (χ0n) is 12.5. The fourth-order valence-electron chi connectivity index (χ4n) is 2.49. The second-order valence-corrected chi connectivity index (χ2v) is 6.91. The smallest absolute Gasteiger partial charge is 0.243 e. The molecule has 6 heteroatoms. The van der Waals surface area contributed by atoms with E-state index in [1.54, 1.807) is 18.2 Å². The molecule has 0 spiro atoms. The lowest BCUT2D eigenvalue weighted by Crippen LogP contribution is -2.30. The van der Waals surface area contributed by atoms with Crippen molar-refractivity contribution >= 4 is 21.4 Å². The van der Waals surface area contributed by atoms with Gasteiger partial charge < -0.3 is 10.1 Å². The SMILES string of the molecule is CCN(CC)S(=O)(=O)c1ccc2c(c1)Oc1ccccc1N2. The van der Waals surface area contributed by atoms with Crippen LogP contribution in [-0.2, 0) is 10.0 Å². The lowest BCUT2D eigenvalue weighted by Gasteiger charge is -2.23. The molecule has 1 N–H and O–H groups in total. The number of rotatable bonds is 4. The first-order chi connectivity index (χ1) is 10.6. The molecule has 1 aliphatic heterocycles. The molecular weight excluding hydrogens is 300 g/mol. The van der Waals surface area contributed by atoms with Gasteiger partial charge in [-0.25, -0.2) is 8.42 Å². The summed E-state index contributed by atoms with van der Waals surface area (Å²) in [5, 5.41) is 3.24. The molecule has 2 aromatic rings. The zero-order chi connectivity index (χ0) is 15.7. The van der Waals surface area contributed by atoms with Gasteiger partial charge in [-0.05, 0) is 24.3 Å². The van der Waals surface area contributed by atoms with Crippen molar-refractivity contribution < 1.29 is 13.2 Å². The number of nitrogens with one attached hydrogen (secondary N) is 1. The van der Waals surface area contributed by atoms with E-state index in [0.29, 0.717) is 24.6 Å². The van der Waals surface area contributed by atoms with Crippen LogP contribution in [0.1, 0.15) is 13.8 Å². The van der Waals surface area contributed by atoms with E-state index in [2.05, 4.69) is 5.32 Å². The molecule has 0 unspecified atom stereocenters. The van der Waals surface area contributed by atoms with E-state index in [-0.39, 0.29) is 4.90 Å². The predicted molar refractivity (Wildman–Crippen MR) is 86.3 cm³/mol. The van der Waals surface area contributed by atoms with Crippen LogP contribution in [0.25, 0.3) is 0 Å². The first-order valence-electron chi connectivity index (χ1n) is 7.24. The van der Waals surface area contributed by atoms with Gasteiger partial charge in [-0.1, -0.05) is 26.0 Å². The Morgan fingerprint density at radius 1 is 1.00 bits per heavy atom. The van der Waals surface area contributed by atoms with Crippen LogP contribution in [0.15, 0.2) is 47.4 Å². The highest BCUT2D eigenvalue weighted by molar-refractivity contribution is 7.89. The molecule has 0 fully saturated rings. The summed E-state index contributed by atoms with van der Waals surface area (Å²) >= 11 is 0. The summed E-state index contributed by atoms with van der Waals surface area (Å²) in [4.78, 5) is 0.246. The van der Waals surface area contributed by atoms with Gasteiger partial charge in [-0.15, -0.1) is 0 Å². The lowest BCUT2D eigenvalue weighted by atomic mass is 10.2. The minimum Gasteiger partial charge on any atom is -0.453 e. The van der Waals surface area contributed by atoms with Crippen LogP contribution in [0.4, 0.5) is 11.4 Å². The van der Waals surface area contributed by atoms with E-state index in [1.807, 2.05) is 38.1 Å². The van der Waals surface area contributed by atoms with Gasteiger partial charge in [0.25, 0.3) is 0 Å². The summed E-state index contributed by atoms with van der Waals surface area (Å²) in [5.41, 5.74) is 1.63. The van der Waals surface area contributed by atoms with Gasteiger partial charge in [0.05, 0.1) is 16.3 Å². The van der Waals surface area contributed by atoms with Crippen molar-refractivity contribution in [2.75, 3.05) is 18.4 Å². The predicted octanol–water partition coefficient (Wildman–Crippen LogP) is 3.57. The second-order valence-electron chi connectivity index (χ2n) is 4.97. The standard InChI is InChI=1S/C16H18N2O3S/c1-3-18(4-2)22(19,20)12-9-10-14-16(11-12)21-15-8-6-5-7-13(15)17-14/h5-11,17H,3-4H2,1-2H3. The molecule has 3 rings (SSSR count). The highest BCUT2D eigenvalue weighted by atomic mass is 32.2. The number of ether oxygens (including phenoxy) is 1. The van der Waals surface area contributed by atoms with Crippen molar-refractivity contribution in [2.24, 2.45) is 0 Å². The van der Waals surface area contributed by atoms with Gasteiger partial charge in [0.15, 0.2) is 11.5 Å². The molecule has 0 atom stereocenters. The summed E-state index contributed by atoms with van der Waals surface area (Å²) in [6.07, 6.45) is 0. The third-order valence-electron chi connectivity index (χ3n) is 3.67. The van der Waals surface area contributed by atoms with Gasteiger partial charge in [0.2, 0.25) is 10.0 Å². The fourth-order valence-corrected chi connectivity index (χ4v) is 3.96. The zero-order valence-corrected chi connectivity index (χ0v) is 13.4. The van der Waals surface area contributed by atoms with E-state index in [4.69, 9.17) is 4.74 Å². The van der Waals surface area contributed by atoms with Crippen molar-refractivity contribution in [2.45, 2.75) is 18.7 Å². The average molecular weight is 318 g/mol. The van der Waals surface area contributed by atoms with Gasteiger partial charge >= 0.3 is 0 Å². The summed E-state index contributed by atoms with van der Waals surface area (Å²) in [6.45, 7) is 4.54. The maximum absolute atomic E-state index is 12.6. The second kappa shape index (κ2) is 5.62. The number of para-hydroxylation sites is 2. The number of nitrogens with zero attached hydrogens (tertiary/aromatic N) is 1. The van der Waals surface area contributed by atoms with E-state index < -0.39 is 10.0 Å². The number of hydrogen-bond donors (Lipinski definition) is 1. The number of hydrogen-bond acceptors (Lipinski definition) is 4. The van der Waals surface area contributed by atoms with Crippen LogP contribution in [-0.4, -0.2) is 25.8 Å². The fraction of sp³-hybridized carbons (Fsp3) is 0.250. The third kappa shape index (κ3) is 2.44. The molecule has 0 bridgehead atoms. The molecule has 0 radical (unpaired) electrons. The minimum absolute atomic E-state index is 0.246. The Kier molecular flexibility index (Phi) is 3.80. The lowest BCUT2D eigenvalue weighted by molar-refractivity contribution is 0.443. The van der Waals surface area contributed by atoms with Crippen LogP contribution in [0, 0.1) is 0 Å². The Bertz CT molecular complexity index is 799. The topological polar surface area (TPSA) is 58.6 Å². The molecule has 116 valence electrons. The maximum atomic E-state index is 12.6. The molecule has 0 saturated heterocycles. The van der Waals surface area contributed by atoms with Gasteiger partial charge in [0, 0.05) is 19.2 Å². The molecule has 1 aliphatic rings. The molecule has 22 heavy (non-hydrogen) atoms. The first-order valence-corrected chi connectivity index (χ1v) is 8.68. The minimum atomic E-state index is -3.49. The summed E-state index contributed by atoms with van der Waals surface area (Å²) in [7, 11) is -3.49. The van der Waals surface area contributed by atoms with Crippen LogP contribution in [0.2, 0.25) is 0 Å². The Labute approximate surface area is 130 Å². The van der Waals surface area contributed by atoms with Crippen molar-refractivity contribution in [3.8, 4) is 11.5 Å². The van der Waals surface area contributed by atoms with E-state index >= 15 is 0 Å². The number of fused-ring (bicyclic) bond motifs is 2. The van der Waals surface area contributed by atoms with Gasteiger partial charge in [-0.2, -0.15) is 4.31 Å². The Morgan fingerprint density at radius 2 is 1.68 bits per heavy atom. The van der Waals surface area contributed by atoms with Crippen molar-refractivity contribution in [1.29, 1.82) is 0 Å². The van der Waals surface area contributed by atoms with Crippen LogP contribution in [0.3, 0.4) is 0 Å². The average Bonchev–Trinajstić information content (AvgIpc) is 2.53. The summed E-state index contributed by atoms with van der Waals surface area (Å²) in [6, 6.07) is 12.5. The molecule has 0 aliphatic carbocycles. The monoisotopic (exact) mass is 318 g/mol. The number of benzene rings is 2. The van der Waals surface area contributed by atoms with Crippen molar-refractivity contribution in [3.63, 3.8) is 0 Å². The van der Waals surface area contributed by atoms with Crippen LogP contribution < -0.4 is 10.1 Å². The normalized spacial score (nSPS) is 13.0. The van der Waals surface area contributed by atoms with E-state index in [0.717, 1.165) is 11.4 Å². The third-order valence-corrected chi connectivity index (χ3v) is 5.72. The Hall–Kier alpha value is -2.05. The molecular formula is C16H18N2O3S. The first kappa shape index (κ1) is 14.9. The largest absolute Gasteiger partial charge is 0.453 e. The van der Waals surface area contributed by atoms with Crippen molar-refractivity contribution in [1.82, 2.24) is 4.31 Å². The molecule has 1 heterocycles. The molecule has 0 amide bonds. The van der Waals surface area contributed by atoms with Crippen LogP contribution >= 0.6 is 0 Å². The summed E-state index contributed by atoms with van der Waals surface area (Å²) < 4.78 is 32.4. The quantitative estimate of drug-likeness (QED) is 0.799. The molecule has 0 aromatic heterocycles. The molecule has 2 aromatic carbocycles. The molecule has 0 saturated carbocycles. The number of anilines is 2. The van der Waals surface area contributed by atoms with Gasteiger partial charge in [-0.3, -0.25) is 0 Å². The Balaban J connectivity index is 2.00. The molecule has 5 nitrogen and oxygen atoms in total. The van der Waals surface area contributed by atoms with Crippen LogP contribution in [0.5, 0.6) is 11.5 Å². The summed E-state index contributed by atoms with van der Waals surface area (Å²) in [5.74, 6) is 1.21. The van der Waals surface area contributed by atoms with E-state index in [1.165, 1.54) is 4.31 Å². The van der Waals surface area contributed by atoms with Gasteiger partial charge in [0.1, 0.15) is 0 Å². The van der Waals surface area contributed by atoms with E-state index in [9.17, 15) is 8.42 Å². The highest BCUT2D eigenvalue weighted by Crippen LogP contribution is 2.42. The Morgan fingerprint density at radius 3 is 2.41 bits per heavy atom. The highest BCUT2D eigenvalue weighted by Gasteiger charge is 2.24. The van der Waals surface area contributed by atoms with Crippen molar-refractivity contribution in [3.05, 3.63) is 42.5 Å². The maximum Gasteiger partial charge on any atom is 0.243 e.